The van der Waals surface area contributed by atoms with Crippen LogP contribution in [0.2, 0.25) is 5.02 Å². The molecular formula is C25H29ClN2O2. The molecule has 1 atom stereocenters. The SMILES string of the molecule is COc1ccc(/C=C2\CC(C(C)C)C/C(=C\c3nc(C)c(C)nc3C)C2=O)c(Cl)c1. The summed E-state index contributed by atoms with van der Waals surface area (Å²) in [4.78, 5) is 22.6. The fraction of sp³-hybridized carbons (Fsp3) is 0.400. The summed E-state index contributed by atoms with van der Waals surface area (Å²) in [7, 11) is 1.61. The van der Waals surface area contributed by atoms with E-state index in [4.69, 9.17) is 16.3 Å². The van der Waals surface area contributed by atoms with Crippen molar-refractivity contribution in [1.29, 1.82) is 0 Å². The maximum Gasteiger partial charge on any atom is 0.185 e. The molecule has 4 nitrogen and oxygen atoms in total. The zero-order chi connectivity index (χ0) is 22.0. The van der Waals surface area contributed by atoms with Crippen molar-refractivity contribution in [2.45, 2.75) is 47.5 Å². The monoisotopic (exact) mass is 424 g/mol. The fourth-order valence-corrected chi connectivity index (χ4v) is 3.95. The standard InChI is InChI=1S/C25H29ClN2O2/c1-14(2)19-10-20(9-18-7-8-22(30-6)13-23(18)26)25(29)21(11-19)12-24-17(5)27-15(3)16(4)28-24/h7-9,12-14,19H,10-11H2,1-6H3/b20-9+,21-12+. The number of hydrogen-bond donors (Lipinski definition) is 0. The van der Waals surface area contributed by atoms with Crippen LogP contribution in [0.3, 0.4) is 0 Å². The van der Waals surface area contributed by atoms with E-state index >= 15 is 0 Å². The molecule has 0 saturated heterocycles. The highest BCUT2D eigenvalue weighted by molar-refractivity contribution is 6.32. The Morgan fingerprint density at radius 3 is 2.27 bits per heavy atom. The van der Waals surface area contributed by atoms with Crippen LogP contribution in [0.15, 0.2) is 29.3 Å². The van der Waals surface area contributed by atoms with Crippen molar-refractivity contribution in [2.24, 2.45) is 11.8 Å². The average Bonchev–Trinajstić information content (AvgIpc) is 2.69. The molecule has 0 amide bonds. The largest absolute Gasteiger partial charge is 0.497 e. The lowest BCUT2D eigenvalue weighted by molar-refractivity contribution is -0.113. The van der Waals surface area contributed by atoms with Gasteiger partial charge in [-0.1, -0.05) is 25.4 Å². The van der Waals surface area contributed by atoms with Gasteiger partial charge in [-0.15, -0.1) is 0 Å². The van der Waals surface area contributed by atoms with E-state index in [9.17, 15) is 4.79 Å². The van der Waals surface area contributed by atoms with Crippen LogP contribution < -0.4 is 4.74 Å². The topological polar surface area (TPSA) is 52.1 Å². The Hall–Kier alpha value is -2.46. The van der Waals surface area contributed by atoms with Gasteiger partial charge in [0.25, 0.3) is 0 Å². The summed E-state index contributed by atoms with van der Waals surface area (Å²) in [6.45, 7) is 10.2. The highest BCUT2D eigenvalue weighted by Crippen LogP contribution is 2.37. The van der Waals surface area contributed by atoms with E-state index in [0.717, 1.165) is 52.3 Å². The molecule has 1 heterocycles. The first-order chi connectivity index (χ1) is 14.2. The van der Waals surface area contributed by atoms with Crippen LogP contribution in [0.25, 0.3) is 12.2 Å². The third kappa shape index (κ3) is 4.81. The van der Waals surface area contributed by atoms with E-state index in [2.05, 4.69) is 23.8 Å². The molecule has 0 spiro atoms. The van der Waals surface area contributed by atoms with Gasteiger partial charge in [0.1, 0.15) is 5.75 Å². The predicted octanol–water partition coefficient (Wildman–Crippen LogP) is 6.17. The molecule has 1 aromatic heterocycles. The minimum Gasteiger partial charge on any atom is -0.497 e. The number of allylic oxidation sites excluding steroid dienone is 2. The summed E-state index contributed by atoms with van der Waals surface area (Å²) in [5.74, 6) is 1.61. The summed E-state index contributed by atoms with van der Waals surface area (Å²) in [6, 6.07) is 5.52. The number of hydrogen-bond acceptors (Lipinski definition) is 4. The van der Waals surface area contributed by atoms with Gasteiger partial charge >= 0.3 is 0 Å². The van der Waals surface area contributed by atoms with Crippen LogP contribution in [0.5, 0.6) is 5.75 Å². The van der Waals surface area contributed by atoms with Crippen molar-refractivity contribution in [3.8, 4) is 5.75 Å². The van der Waals surface area contributed by atoms with E-state index in [-0.39, 0.29) is 5.78 Å². The molecule has 1 unspecified atom stereocenters. The minimum atomic E-state index is 0.0678. The van der Waals surface area contributed by atoms with Gasteiger partial charge in [0.15, 0.2) is 5.78 Å². The minimum absolute atomic E-state index is 0.0678. The van der Waals surface area contributed by atoms with E-state index < -0.39 is 0 Å². The predicted molar refractivity (Wildman–Crippen MR) is 123 cm³/mol. The molecule has 1 fully saturated rings. The Labute approximate surface area is 184 Å². The van der Waals surface area contributed by atoms with Gasteiger partial charge in [0.05, 0.1) is 34.9 Å². The number of rotatable bonds is 4. The average molecular weight is 425 g/mol. The number of halogens is 1. The van der Waals surface area contributed by atoms with E-state index in [0.29, 0.717) is 22.6 Å². The smallest absolute Gasteiger partial charge is 0.185 e. The summed E-state index contributed by atoms with van der Waals surface area (Å²) < 4.78 is 5.23. The molecular weight excluding hydrogens is 396 g/mol. The number of aromatic nitrogens is 2. The highest BCUT2D eigenvalue weighted by atomic mass is 35.5. The van der Waals surface area contributed by atoms with Gasteiger partial charge in [0.2, 0.25) is 0 Å². The number of ether oxygens (including phenoxy) is 1. The lowest BCUT2D eigenvalue weighted by Gasteiger charge is -2.28. The van der Waals surface area contributed by atoms with Crippen LogP contribution in [0, 0.1) is 32.6 Å². The molecule has 0 bridgehead atoms. The summed E-state index contributed by atoms with van der Waals surface area (Å²) in [5, 5.41) is 0.572. The Morgan fingerprint density at radius 1 is 1.03 bits per heavy atom. The Balaban J connectivity index is 2.04. The zero-order valence-corrected chi connectivity index (χ0v) is 19.3. The second kappa shape index (κ2) is 9.13. The maximum absolute atomic E-state index is 13.3. The van der Waals surface area contributed by atoms with Gasteiger partial charge < -0.3 is 4.74 Å². The summed E-state index contributed by atoms with van der Waals surface area (Å²) in [5.41, 5.74) is 5.81. The van der Waals surface area contributed by atoms with Crippen molar-refractivity contribution >= 4 is 29.5 Å². The van der Waals surface area contributed by atoms with Crippen LogP contribution >= 0.6 is 11.6 Å². The molecule has 3 rings (SSSR count). The quantitative estimate of drug-likeness (QED) is 0.551. The molecule has 158 valence electrons. The summed E-state index contributed by atoms with van der Waals surface area (Å²) >= 11 is 6.42. The lowest BCUT2D eigenvalue weighted by atomic mass is 9.75. The second-order valence-corrected chi connectivity index (χ2v) is 8.74. The van der Waals surface area contributed by atoms with Crippen molar-refractivity contribution < 1.29 is 9.53 Å². The molecule has 1 saturated carbocycles. The Bertz CT molecular complexity index is 1040. The normalized spacial score (nSPS) is 19.7. The first kappa shape index (κ1) is 22.2. The number of methoxy groups -OCH3 is 1. The zero-order valence-electron chi connectivity index (χ0n) is 18.5. The molecule has 1 aromatic carbocycles. The molecule has 1 aliphatic carbocycles. The third-order valence-electron chi connectivity index (χ3n) is 5.86. The van der Waals surface area contributed by atoms with Gasteiger partial charge in [-0.05, 0) is 81.4 Å². The molecule has 0 N–H and O–H groups in total. The van der Waals surface area contributed by atoms with Gasteiger partial charge in [-0.3, -0.25) is 9.78 Å². The molecule has 0 aliphatic heterocycles. The number of benzene rings is 1. The lowest BCUT2D eigenvalue weighted by Crippen LogP contribution is -2.23. The fourth-order valence-electron chi connectivity index (χ4n) is 3.72. The van der Waals surface area contributed by atoms with E-state index in [1.165, 1.54) is 0 Å². The number of Topliss-reactive ketones (excluding diaryl/α,β-unsaturated/α-hetero) is 1. The van der Waals surface area contributed by atoms with Gasteiger partial charge in [0, 0.05) is 11.1 Å². The van der Waals surface area contributed by atoms with Crippen LogP contribution in [0.1, 0.15) is 55.0 Å². The van der Waals surface area contributed by atoms with Crippen LogP contribution in [-0.2, 0) is 4.79 Å². The van der Waals surface area contributed by atoms with Crippen LogP contribution in [0.4, 0.5) is 0 Å². The van der Waals surface area contributed by atoms with Gasteiger partial charge in [-0.2, -0.15) is 0 Å². The molecule has 30 heavy (non-hydrogen) atoms. The first-order valence-corrected chi connectivity index (χ1v) is 10.7. The van der Waals surface area contributed by atoms with E-state index in [1.807, 2.05) is 45.1 Å². The molecule has 5 heteroatoms. The summed E-state index contributed by atoms with van der Waals surface area (Å²) in [6.07, 6.45) is 5.34. The number of ketones is 1. The first-order valence-electron chi connectivity index (χ1n) is 10.3. The number of nitrogens with zero attached hydrogens (tertiary/aromatic N) is 2. The number of aryl methyl sites for hydroxylation is 3. The Kier molecular flexibility index (Phi) is 6.77. The highest BCUT2D eigenvalue weighted by Gasteiger charge is 2.30. The van der Waals surface area contributed by atoms with E-state index in [1.54, 1.807) is 13.2 Å². The molecule has 0 radical (unpaired) electrons. The number of carbonyl (C=O) groups excluding carboxylic acids is 1. The van der Waals surface area contributed by atoms with Crippen LogP contribution in [-0.4, -0.2) is 22.9 Å². The van der Waals surface area contributed by atoms with Crippen molar-refractivity contribution in [3.05, 3.63) is 62.7 Å². The third-order valence-corrected chi connectivity index (χ3v) is 6.18. The molecule has 2 aromatic rings. The number of carbonyl (C=O) groups is 1. The van der Waals surface area contributed by atoms with Crippen molar-refractivity contribution in [1.82, 2.24) is 9.97 Å². The molecule has 1 aliphatic rings. The van der Waals surface area contributed by atoms with Crippen molar-refractivity contribution in [3.63, 3.8) is 0 Å². The maximum atomic E-state index is 13.3. The second-order valence-electron chi connectivity index (χ2n) is 8.33. The van der Waals surface area contributed by atoms with Gasteiger partial charge in [-0.25, -0.2) is 4.98 Å². The van der Waals surface area contributed by atoms with Crippen molar-refractivity contribution in [2.75, 3.05) is 7.11 Å². The Morgan fingerprint density at radius 2 is 1.67 bits per heavy atom.